The van der Waals surface area contributed by atoms with E-state index in [2.05, 4.69) is 44.1 Å². The van der Waals surface area contributed by atoms with Gasteiger partial charge in [0.05, 0.1) is 0 Å². The Bertz CT molecular complexity index is 449. The maximum Gasteiger partial charge on any atom is 0.0315 e. The number of nitrogens with zero attached hydrogens (tertiary/aromatic N) is 1. The fraction of sp³-hybridized carbons (Fsp3) is 0.706. The number of nitrogens with one attached hydrogen (secondary N) is 1. The Hall–Kier alpha value is -0.890. The molecule has 2 aliphatic rings. The molecule has 19 heavy (non-hydrogen) atoms. The zero-order valence-electron chi connectivity index (χ0n) is 12.6. The highest BCUT2D eigenvalue weighted by atomic mass is 15.0. The van der Waals surface area contributed by atoms with Crippen molar-refractivity contribution in [1.29, 1.82) is 0 Å². The van der Waals surface area contributed by atoms with Crippen LogP contribution in [0, 0.1) is 16.7 Å². The van der Waals surface area contributed by atoms with Gasteiger partial charge in [0, 0.05) is 24.5 Å². The normalized spacial score (nSPS) is 37.5. The van der Waals surface area contributed by atoms with Crippen molar-refractivity contribution in [2.45, 2.75) is 59.0 Å². The number of pyridine rings is 1. The van der Waals surface area contributed by atoms with Crippen LogP contribution in [0.4, 0.5) is 0 Å². The Balaban J connectivity index is 1.80. The minimum Gasteiger partial charge on any atom is -0.306 e. The van der Waals surface area contributed by atoms with Crippen LogP contribution in [0.1, 0.15) is 58.6 Å². The van der Waals surface area contributed by atoms with Gasteiger partial charge in [-0.15, -0.1) is 0 Å². The number of rotatable bonds is 3. The molecule has 1 heterocycles. The molecule has 2 fully saturated rings. The first-order chi connectivity index (χ1) is 8.93. The molecule has 2 saturated carbocycles. The monoisotopic (exact) mass is 258 g/mol. The second-order valence-electron chi connectivity index (χ2n) is 7.52. The Morgan fingerprint density at radius 2 is 2.16 bits per heavy atom. The van der Waals surface area contributed by atoms with Gasteiger partial charge in [-0.25, -0.2) is 0 Å². The van der Waals surface area contributed by atoms with E-state index in [9.17, 15) is 0 Å². The average Bonchev–Trinajstić information content (AvgIpc) is 2.87. The van der Waals surface area contributed by atoms with Crippen LogP contribution < -0.4 is 5.32 Å². The second-order valence-corrected chi connectivity index (χ2v) is 7.52. The van der Waals surface area contributed by atoms with Crippen molar-refractivity contribution in [3.05, 3.63) is 30.1 Å². The molecule has 0 aliphatic heterocycles. The summed E-state index contributed by atoms with van der Waals surface area (Å²) in [6.45, 7) is 9.66. The molecular weight excluding hydrogens is 232 g/mol. The van der Waals surface area contributed by atoms with Gasteiger partial charge in [-0.2, -0.15) is 0 Å². The van der Waals surface area contributed by atoms with Gasteiger partial charge in [-0.05, 0) is 54.6 Å². The molecular formula is C17H26N2. The average molecular weight is 258 g/mol. The Kier molecular flexibility index (Phi) is 2.97. The fourth-order valence-corrected chi connectivity index (χ4v) is 4.70. The van der Waals surface area contributed by atoms with Crippen LogP contribution in [0.3, 0.4) is 0 Å². The highest BCUT2D eigenvalue weighted by Gasteiger charge is 2.59. The number of hydrogen-bond acceptors (Lipinski definition) is 2. The Labute approximate surface area is 117 Å². The van der Waals surface area contributed by atoms with Crippen LogP contribution in [-0.2, 0) is 0 Å². The SMILES string of the molecule is C[C@H](NC1C(C)(C)[C@H]2CC[C@]1(C)C2)c1cccnc1. The van der Waals surface area contributed by atoms with Crippen molar-refractivity contribution >= 4 is 0 Å². The maximum atomic E-state index is 4.24. The molecule has 1 N–H and O–H groups in total. The fourth-order valence-electron chi connectivity index (χ4n) is 4.70. The van der Waals surface area contributed by atoms with Crippen molar-refractivity contribution in [3.8, 4) is 0 Å². The summed E-state index contributed by atoms with van der Waals surface area (Å²) >= 11 is 0. The number of fused-ring (bicyclic) bond motifs is 2. The zero-order valence-corrected chi connectivity index (χ0v) is 12.6. The molecule has 2 nitrogen and oxygen atoms in total. The van der Waals surface area contributed by atoms with Gasteiger partial charge in [0.15, 0.2) is 0 Å². The molecule has 0 amide bonds. The van der Waals surface area contributed by atoms with Crippen LogP contribution in [0.15, 0.2) is 24.5 Å². The molecule has 3 rings (SSSR count). The van der Waals surface area contributed by atoms with Gasteiger partial charge in [0.2, 0.25) is 0 Å². The zero-order chi connectivity index (χ0) is 13.7. The van der Waals surface area contributed by atoms with Gasteiger partial charge < -0.3 is 5.32 Å². The van der Waals surface area contributed by atoms with Gasteiger partial charge in [0.1, 0.15) is 0 Å². The summed E-state index contributed by atoms with van der Waals surface area (Å²) in [5.41, 5.74) is 2.21. The van der Waals surface area contributed by atoms with E-state index in [0.29, 0.717) is 22.9 Å². The molecule has 0 radical (unpaired) electrons. The standard InChI is InChI=1S/C17H26N2/c1-12(13-6-5-9-18-11-13)19-15-16(2,3)14-7-8-17(15,4)10-14/h5-6,9,11-12,14-15,19H,7-8,10H2,1-4H3/t12-,14-,15?,17+/m0/s1. The first kappa shape index (κ1) is 13.1. The Morgan fingerprint density at radius 1 is 1.37 bits per heavy atom. The van der Waals surface area contributed by atoms with Crippen LogP contribution >= 0.6 is 0 Å². The van der Waals surface area contributed by atoms with E-state index < -0.39 is 0 Å². The highest BCUT2D eigenvalue weighted by Crippen LogP contribution is 2.62. The number of hydrogen-bond donors (Lipinski definition) is 1. The summed E-state index contributed by atoms with van der Waals surface area (Å²) in [5.74, 6) is 0.899. The molecule has 1 aromatic rings. The van der Waals surface area contributed by atoms with Crippen molar-refractivity contribution in [2.24, 2.45) is 16.7 Å². The topological polar surface area (TPSA) is 24.9 Å². The lowest BCUT2D eigenvalue weighted by Gasteiger charge is -2.44. The summed E-state index contributed by atoms with van der Waals surface area (Å²) < 4.78 is 0. The predicted octanol–water partition coefficient (Wildman–Crippen LogP) is 3.95. The van der Waals surface area contributed by atoms with E-state index in [1.54, 1.807) is 0 Å². The summed E-state index contributed by atoms with van der Waals surface area (Å²) in [7, 11) is 0. The van der Waals surface area contributed by atoms with E-state index in [1.165, 1.54) is 24.8 Å². The summed E-state index contributed by atoms with van der Waals surface area (Å²) in [6, 6.07) is 5.21. The minimum absolute atomic E-state index is 0.383. The van der Waals surface area contributed by atoms with E-state index in [0.717, 1.165) is 5.92 Å². The molecule has 2 bridgehead atoms. The predicted molar refractivity (Wildman–Crippen MR) is 78.8 cm³/mol. The lowest BCUT2D eigenvalue weighted by atomic mass is 9.68. The lowest BCUT2D eigenvalue weighted by Crippen LogP contribution is -2.50. The van der Waals surface area contributed by atoms with E-state index in [4.69, 9.17) is 0 Å². The molecule has 2 heteroatoms. The lowest BCUT2D eigenvalue weighted by molar-refractivity contribution is 0.100. The van der Waals surface area contributed by atoms with Gasteiger partial charge in [-0.3, -0.25) is 4.98 Å². The summed E-state index contributed by atoms with van der Waals surface area (Å²) in [5, 5.41) is 3.92. The summed E-state index contributed by atoms with van der Waals surface area (Å²) in [6.07, 6.45) is 8.04. The maximum absolute atomic E-state index is 4.24. The first-order valence-corrected chi connectivity index (χ1v) is 7.59. The molecule has 1 aromatic heterocycles. The molecule has 1 unspecified atom stereocenters. The Morgan fingerprint density at radius 3 is 2.74 bits per heavy atom. The van der Waals surface area contributed by atoms with E-state index in [-0.39, 0.29) is 0 Å². The molecule has 104 valence electrons. The van der Waals surface area contributed by atoms with Crippen LogP contribution in [-0.4, -0.2) is 11.0 Å². The highest BCUT2D eigenvalue weighted by molar-refractivity contribution is 5.17. The first-order valence-electron chi connectivity index (χ1n) is 7.59. The van der Waals surface area contributed by atoms with Crippen LogP contribution in [0.2, 0.25) is 0 Å². The van der Waals surface area contributed by atoms with Gasteiger partial charge in [-0.1, -0.05) is 26.8 Å². The molecule has 0 spiro atoms. The molecule has 0 aromatic carbocycles. The van der Waals surface area contributed by atoms with Crippen molar-refractivity contribution in [2.75, 3.05) is 0 Å². The van der Waals surface area contributed by atoms with Crippen molar-refractivity contribution in [1.82, 2.24) is 10.3 Å². The van der Waals surface area contributed by atoms with Crippen molar-refractivity contribution in [3.63, 3.8) is 0 Å². The third-order valence-electron chi connectivity index (χ3n) is 5.87. The van der Waals surface area contributed by atoms with Gasteiger partial charge >= 0.3 is 0 Å². The van der Waals surface area contributed by atoms with Crippen LogP contribution in [0.5, 0.6) is 0 Å². The second kappa shape index (κ2) is 4.31. The smallest absolute Gasteiger partial charge is 0.0315 e. The van der Waals surface area contributed by atoms with Crippen LogP contribution in [0.25, 0.3) is 0 Å². The molecule has 2 aliphatic carbocycles. The van der Waals surface area contributed by atoms with E-state index >= 15 is 0 Å². The molecule has 4 atom stereocenters. The van der Waals surface area contributed by atoms with E-state index in [1.807, 2.05) is 18.5 Å². The largest absolute Gasteiger partial charge is 0.306 e. The summed E-state index contributed by atoms with van der Waals surface area (Å²) in [4.78, 5) is 4.24. The number of aromatic nitrogens is 1. The van der Waals surface area contributed by atoms with Gasteiger partial charge in [0.25, 0.3) is 0 Å². The third-order valence-corrected chi connectivity index (χ3v) is 5.87. The van der Waals surface area contributed by atoms with Crippen molar-refractivity contribution < 1.29 is 0 Å². The minimum atomic E-state index is 0.383. The molecule has 0 saturated heterocycles. The third kappa shape index (κ3) is 2.01. The quantitative estimate of drug-likeness (QED) is 0.888.